The molecule has 0 aromatic carbocycles. The normalized spacial score (nSPS) is 18.3. The summed E-state index contributed by atoms with van der Waals surface area (Å²) in [6.45, 7) is 5.41. The summed E-state index contributed by atoms with van der Waals surface area (Å²) in [4.78, 5) is 22.3. The Morgan fingerprint density at radius 2 is 2.12 bits per heavy atom. The highest BCUT2D eigenvalue weighted by atomic mass is 16.4. The van der Waals surface area contributed by atoms with Crippen LogP contribution in [0.2, 0.25) is 0 Å². The van der Waals surface area contributed by atoms with Crippen LogP contribution in [0.1, 0.15) is 26.2 Å². The van der Waals surface area contributed by atoms with Crippen LogP contribution in [0.3, 0.4) is 0 Å². The number of aliphatic carboxylic acids is 1. The first-order chi connectivity index (χ1) is 7.54. The van der Waals surface area contributed by atoms with Crippen LogP contribution in [0.5, 0.6) is 0 Å². The average Bonchev–Trinajstić information content (AvgIpc) is 2.97. The van der Waals surface area contributed by atoms with Gasteiger partial charge in [0.05, 0.1) is 0 Å². The standard InChI is InChI=1S/C11H18N2O3/c1-3-4-7(2)12-11(16)13-9(10(14)15)8-5-6-8/h3,7-9H,1,4-6H2,2H3,(H,14,15)(H2,12,13,16). The number of carboxylic acids is 1. The highest BCUT2D eigenvalue weighted by molar-refractivity contribution is 5.83. The maximum Gasteiger partial charge on any atom is 0.326 e. The van der Waals surface area contributed by atoms with Crippen LogP contribution >= 0.6 is 0 Å². The summed E-state index contributed by atoms with van der Waals surface area (Å²) in [7, 11) is 0. The minimum absolute atomic E-state index is 0.0360. The number of hydrogen-bond acceptors (Lipinski definition) is 2. The van der Waals surface area contributed by atoms with Crippen LogP contribution in [-0.4, -0.2) is 29.2 Å². The van der Waals surface area contributed by atoms with E-state index < -0.39 is 18.0 Å². The molecule has 1 rings (SSSR count). The summed E-state index contributed by atoms with van der Waals surface area (Å²) in [5.41, 5.74) is 0. The first-order valence-electron chi connectivity index (χ1n) is 5.45. The van der Waals surface area contributed by atoms with Gasteiger partial charge in [-0.15, -0.1) is 6.58 Å². The van der Waals surface area contributed by atoms with E-state index in [-0.39, 0.29) is 12.0 Å². The Labute approximate surface area is 94.9 Å². The van der Waals surface area contributed by atoms with Crippen LogP contribution < -0.4 is 10.6 Å². The van der Waals surface area contributed by atoms with Gasteiger partial charge in [-0.1, -0.05) is 6.08 Å². The summed E-state index contributed by atoms with van der Waals surface area (Å²) < 4.78 is 0. The number of carbonyl (C=O) groups is 2. The summed E-state index contributed by atoms with van der Waals surface area (Å²) >= 11 is 0. The molecule has 0 radical (unpaired) electrons. The third-order valence-corrected chi connectivity index (χ3v) is 2.54. The van der Waals surface area contributed by atoms with Crippen molar-refractivity contribution >= 4 is 12.0 Å². The average molecular weight is 226 g/mol. The number of nitrogens with one attached hydrogen (secondary N) is 2. The lowest BCUT2D eigenvalue weighted by Gasteiger charge is -2.17. The second-order valence-corrected chi connectivity index (χ2v) is 4.20. The summed E-state index contributed by atoms with van der Waals surface area (Å²) in [5, 5.41) is 14.1. The van der Waals surface area contributed by atoms with E-state index >= 15 is 0 Å². The lowest BCUT2D eigenvalue weighted by molar-refractivity contribution is -0.139. The van der Waals surface area contributed by atoms with E-state index in [4.69, 9.17) is 5.11 Å². The van der Waals surface area contributed by atoms with Crippen LogP contribution in [-0.2, 0) is 4.79 Å². The van der Waals surface area contributed by atoms with Crippen LogP contribution in [0.4, 0.5) is 4.79 Å². The third kappa shape index (κ3) is 3.92. The van der Waals surface area contributed by atoms with Gasteiger partial charge in [-0.3, -0.25) is 0 Å². The second-order valence-electron chi connectivity index (χ2n) is 4.20. The fourth-order valence-electron chi connectivity index (χ4n) is 1.53. The Morgan fingerprint density at radius 3 is 2.56 bits per heavy atom. The van der Waals surface area contributed by atoms with Crippen LogP contribution in [0, 0.1) is 5.92 Å². The minimum atomic E-state index is -0.964. The molecule has 3 N–H and O–H groups in total. The SMILES string of the molecule is C=CCC(C)NC(=O)NC(C(=O)O)C1CC1. The maximum absolute atomic E-state index is 11.5. The number of amides is 2. The van der Waals surface area contributed by atoms with E-state index in [1.807, 2.05) is 6.92 Å². The predicted molar refractivity (Wildman–Crippen MR) is 60.1 cm³/mol. The van der Waals surface area contributed by atoms with E-state index in [2.05, 4.69) is 17.2 Å². The molecule has 2 unspecified atom stereocenters. The summed E-state index contributed by atoms with van der Waals surface area (Å²) in [6, 6.07) is -1.21. The number of rotatable bonds is 6. The summed E-state index contributed by atoms with van der Waals surface area (Å²) in [6.07, 6.45) is 4.12. The zero-order valence-corrected chi connectivity index (χ0v) is 9.40. The van der Waals surface area contributed by atoms with Crippen molar-refractivity contribution < 1.29 is 14.7 Å². The Bertz CT molecular complexity index is 287. The van der Waals surface area contributed by atoms with E-state index in [9.17, 15) is 9.59 Å². The molecule has 0 bridgehead atoms. The first-order valence-corrected chi connectivity index (χ1v) is 5.45. The largest absolute Gasteiger partial charge is 0.480 e. The molecule has 2 atom stereocenters. The molecule has 0 aromatic rings. The molecule has 5 heteroatoms. The lowest BCUT2D eigenvalue weighted by Crippen LogP contribution is -2.49. The minimum Gasteiger partial charge on any atom is -0.480 e. The molecule has 2 amide bonds. The van der Waals surface area contributed by atoms with Gasteiger partial charge in [-0.2, -0.15) is 0 Å². The van der Waals surface area contributed by atoms with Crippen LogP contribution in [0.25, 0.3) is 0 Å². The Balaban J connectivity index is 2.36. The van der Waals surface area contributed by atoms with Gasteiger partial charge in [0.2, 0.25) is 0 Å². The molecule has 1 saturated carbocycles. The van der Waals surface area contributed by atoms with Gasteiger partial charge < -0.3 is 15.7 Å². The monoisotopic (exact) mass is 226 g/mol. The van der Waals surface area contributed by atoms with E-state index in [0.717, 1.165) is 12.8 Å². The van der Waals surface area contributed by atoms with Crippen molar-refractivity contribution in [2.75, 3.05) is 0 Å². The Morgan fingerprint density at radius 1 is 1.50 bits per heavy atom. The number of urea groups is 1. The molecule has 5 nitrogen and oxygen atoms in total. The third-order valence-electron chi connectivity index (χ3n) is 2.54. The van der Waals surface area contributed by atoms with Crippen molar-refractivity contribution in [1.29, 1.82) is 0 Å². The van der Waals surface area contributed by atoms with Crippen LogP contribution in [0.15, 0.2) is 12.7 Å². The maximum atomic E-state index is 11.5. The number of carboxylic acid groups (broad SMARTS) is 1. The zero-order valence-electron chi connectivity index (χ0n) is 9.40. The van der Waals surface area contributed by atoms with Gasteiger partial charge in [-0.05, 0) is 32.1 Å². The lowest BCUT2D eigenvalue weighted by atomic mass is 10.2. The van der Waals surface area contributed by atoms with Crippen molar-refractivity contribution in [2.24, 2.45) is 5.92 Å². The van der Waals surface area contributed by atoms with Crippen molar-refractivity contribution in [2.45, 2.75) is 38.3 Å². The fourth-order valence-corrected chi connectivity index (χ4v) is 1.53. The van der Waals surface area contributed by atoms with Crippen molar-refractivity contribution in [3.05, 3.63) is 12.7 Å². The zero-order chi connectivity index (χ0) is 12.1. The van der Waals surface area contributed by atoms with Crippen molar-refractivity contribution in [3.8, 4) is 0 Å². The van der Waals surface area contributed by atoms with E-state index in [0.29, 0.717) is 6.42 Å². The molecule has 0 aliphatic heterocycles. The van der Waals surface area contributed by atoms with E-state index in [1.165, 1.54) is 0 Å². The Kier molecular flexibility index (Phi) is 4.34. The molecule has 16 heavy (non-hydrogen) atoms. The topological polar surface area (TPSA) is 78.4 Å². The number of carbonyl (C=O) groups excluding carboxylic acids is 1. The Hall–Kier alpha value is -1.52. The van der Waals surface area contributed by atoms with Crippen molar-refractivity contribution in [1.82, 2.24) is 10.6 Å². The molecular formula is C11H18N2O3. The highest BCUT2D eigenvalue weighted by Gasteiger charge is 2.37. The molecule has 0 saturated heterocycles. The predicted octanol–water partition coefficient (Wildman–Crippen LogP) is 1.11. The molecule has 0 spiro atoms. The van der Waals surface area contributed by atoms with E-state index in [1.54, 1.807) is 6.08 Å². The fraction of sp³-hybridized carbons (Fsp3) is 0.636. The molecular weight excluding hydrogens is 208 g/mol. The van der Waals surface area contributed by atoms with Gasteiger partial charge in [0.1, 0.15) is 6.04 Å². The van der Waals surface area contributed by atoms with Gasteiger partial charge in [0.15, 0.2) is 0 Å². The first kappa shape index (κ1) is 12.5. The van der Waals surface area contributed by atoms with Crippen molar-refractivity contribution in [3.63, 3.8) is 0 Å². The molecule has 90 valence electrons. The summed E-state index contributed by atoms with van der Waals surface area (Å²) in [5.74, 6) is -0.869. The van der Waals surface area contributed by atoms with Gasteiger partial charge in [0, 0.05) is 6.04 Å². The van der Waals surface area contributed by atoms with Gasteiger partial charge >= 0.3 is 12.0 Å². The quantitative estimate of drug-likeness (QED) is 0.594. The molecule has 1 aliphatic carbocycles. The smallest absolute Gasteiger partial charge is 0.326 e. The second kappa shape index (κ2) is 5.53. The number of hydrogen-bond donors (Lipinski definition) is 3. The highest BCUT2D eigenvalue weighted by Crippen LogP contribution is 2.32. The molecule has 0 aromatic heterocycles. The molecule has 1 fully saturated rings. The van der Waals surface area contributed by atoms with Gasteiger partial charge in [-0.25, -0.2) is 9.59 Å². The molecule has 0 heterocycles. The molecule has 1 aliphatic rings. The van der Waals surface area contributed by atoms with Gasteiger partial charge in [0.25, 0.3) is 0 Å².